The van der Waals surface area contributed by atoms with Crippen molar-refractivity contribution in [3.8, 4) is 0 Å². The molecule has 0 aliphatic rings. The molecule has 0 aromatic rings. The van der Waals surface area contributed by atoms with E-state index in [1.54, 1.807) is 0 Å². The van der Waals surface area contributed by atoms with Crippen molar-refractivity contribution in [2.24, 2.45) is 0 Å². The first-order valence-corrected chi connectivity index (χ1v) is 13.8. The van der Waals surface area contributed by atoms with Crippen LogP contribution >= 0.6 is 0 Å². The Hall–Kier alpha value is -2.11. The molecule has 35 heavy (non-hydrogen) atoms. The third-order valence-electron chi connectivity index (χ3n) is 5.40. The van der Waals surface area contributed by atoms with E-state index in [9.17, 15) is 14.4 Å². The summed E-state index contributed by atoms with van der Waals surface area (Å²) in [7, 11) is 0. The van der Waals surface area contributed by atoms with Gasteiger partial charge in [-0.1, -0.05) is 77.2 Å². The first kappa shape index (κ1) is 32.9. The minimum atomic E-state index is -0.762. The van der Waals surface area contributed by atoms with Crippen LogP contribution < -0.4 is 0 Å². The van der Waals surface area contributed by atoms with Crippen LogP contribution in [0.3, 0.4) is 0 Å². The molecule has 6 nitrogen and oxygen atoms in total. The molecular weight excluding hydrogens is 444 g/mol. The predicted octanol–water partition coefficient (Wildman–Crippen LogP) is 7.40. The fourth-order valence-electron chi connectivity index (χ4n) is 3.37. The van der Waals surface area contributed by atoms with Crippen molar-refractivity contribution in [3.63, 3.8) is 0 Å². The Balaban J connectivity index is 3.96. The Morgan fingerprint density at radius 3 is 1.63 bits per heavy atom. The van der Waals surface area contributed by atoms with Gasteiger partial charge in [0.25, 0.3) is 0 Å². The Labute approximate surface area is 213 Å². The van der Waals surface area contributed by atoms with Gasteiger partial charge in [-0.05, 0) is 51.4 Å². The maximum absolute atomic E-state index is 12.2. The van der Waals surface area contributed by atoms with Crippen molar-refractivity contribution in [2.45, 2.75) is 130 Å². The van der Waals surface area contributed by atoms with Gasteiger partial charge >= 0.3 is 17.9 Å². The molecule has 6 heteroatoms. The van der Waals surface area contributed by atoms with Crippen LogP contribution in [0.1, 0.15) is 124 Å². The summed E-state index contributed by atoms with van der Waals surface area (Å²) in [6.07, 6.45) is 22.9. The van der Waals surface area contributed by atoms with Gasteiger partial charge < -0.3 is 14.2 Å². The van der Waals surface area contributed by atoms with E-state index in [1.165, 1.54) is 25.7 Å². The number of carbonyl (C=O) groups is 3. The number of carbonyl (C=O) groups excluding carboxylic acids is 3. The van der Waals surface area contributed by atoms with E-state index in [1.807, 2.05) is 13.8 Å². The minimum absolute atomic E-state index is 0.0911. The molecule has 0 aliphatic heterocycles. The fraction of sp³-hybridized carbons (Fsp3) is 0.759. The number of ether oxygens (including phenoxy) is 3. The number of allylic oxidation sites excluding steroid dienone is 4. The summed E-state index contributed by atoms with van der Waals surface area (Å²) in [5.74, 6) is -1.04. The summed E-state index contributed by atoms with van der Waals surface area (Å²) in [5, 5.41) is 0. The molecule has 0 spiro atoms. The lowest BCUT2D eigenvalue weighted by Crippen LogP contribution is -2.30. The lowest BCUT2D eigenvalue weighted by Gasteiger charge is -2.18. The average Bonchev–Trinajstić information content (AvgIpc) is 2.83. The number of unbranched alkanes of at least 4 members (excludes halogenated alkanes) is 8. The van der Waals surface area contributed by atoms with Crippen LogP contribution in [0.15, 0.2) is 24.3 Å². The second-order valence-electron chi connectivity index (χ2n) is 8.96. The van der Waals surface area contributed by atoms with Gasteiger partial charge in [-0.2, -0.15) is 0 Å². The van der Waals surface area contributed by atoms with Crippen LogP contribution in [-0.4, -0.2) is 37.2 Å². The molecule has 0 N–H and O–H groups in total. The van der Waals surface area contributed by atoms with E-state index in [0.29, 0.717) is 32.1 Å². The molecule has 0 atom stereocenters. The van der Waals surface area contributed by atoms with Gasteiger partial charge in [0, 0.05) is 19.3 Å². The molecule has 0 amide bonds. The Kier molecular flexibility index (Phi) is 23.5. The van der Waals surface area contributed by atoms with E-state index in [-0.39, 0.29) is 31.1 Å². The van der Waals surface area contributed by atoms with Crippen molar-refractivity contribution in [3.05, 3.63) is 24.3 Å². The van der Waals surface area contributed by atoms with Crippen molar-refractivity contribution < 1.29 is 28.6 Å². The summed E-state index contributed by atoms with van der Waals surface area (Å²) in [6.45, 7) is 5.82. The molecule has 0 rings (SSSR count). The zero-order chi connectivity index (χ0) is 26.0. The van der Waals surface area contributed by atoms with Gasteiger partial charge in [-0.15, -0.1) is 0 Å². The SMILES string of the molecule is CCCCC/C=C\C/C=C\CCCCCCCC(=O)OC(COC(=O)CCC)COC(=O)CCC. The second-order valence-corrected chi connectivity index (χ2v) is 8.96. The smallest absolute Gasteiger partial charge is 0.306 e. The molecule has 0 unspecified atom stereocenters. The Morgan fingerprint density at radius 1 is 0.571 bits per heavy atom. The molecule has 0 saturated heterocycles. The van der Waals surface area contributed by atoms with Gasteiger partial charge in [0.1, 0.15) is 13.2 Å². The summed E-state index contributed by atoms with van der Waals surface area (Å²) < 4.78 is 15.7. The van der Waals surface area contributed by atoms with Crippen LogP contribution in [0, 0.1) is 0 Å². The third-order valence-corrected chi connectivity index (χ3v) is 5.40. The molecule has 0 fully saturated rings. The molecule has 0 radical (unpaired) electrons. The van der Waals surface area contributed by atoms with Crippen molar-refractivity contribution >= 4 is 17.9 Å². The fourth-order valence-corrected chi connectivity index (χ4v) is 3.37. The normalized spacial score (nSPS) is 11.4. The highest BCUT2D eigenvalue weighted by atomic mass is 16.6. The highest BCUT2D eigenvalue weighted by Crippen LogP contribution is 2.10. The molecular formula is C29H50O6. The number of hydrogen-bond acceptors (Lipinski definition) is 6. The third kappa shape index (κ3) is 23.4. The summed E-state index contributed by atoms with van der Waals surface area (Å²) in [5.41, 5.74) is 0. The van der Waals surface area contributed by atoms with E-state index >= 15 is 0 Å². The first-order valence-electron chi connectivity index (χ1n) is 13.8. The van der Waals surface area contributed by atoms with E-state index < -0.39 is 6.10 Å². The van der Waals surface area contributed by atoms with Crippen LogP contribution in [0.4, 0.5) is 0 Å². The largest absolute Gasteiger partial charge is 0.462 e. The van der Waals surface area contributed by atoms with Crippen LogP contribution in [-0.2, 0) is 28.6 Å². The van der Waals surface area contributed by atoms with Gasteiger partial charge in [0.05, 0.1) is 0 Å². The average molecular weight is 495 g/mol. The number of rotatable bonds is 23. The van der Waals surface area contributed by atoms with Gasteiger partial charge in [0.2, 0.25) is 0 Å². The Bertz CT molecular complexity index is 574. The number of hydrogen-bond donors (Lipinski definition) is 0. The highest BCUT2D eigenvalue weighted by Gasteiger charge is 2.19. The van der Waals surface area contributed by atoms with Crippen molar-refractivity contribution in [1.29, 1.82) is 0 Å². The zero-order valence-corrected chi connectivity index (χ0v) is 22.6. The van der Waals surface area contributed by atoms with E-state index in [4.69, 9.17) is 14.2 Å². The lowest BCUT2D eigenvalue weighted by molar-refractivity contribution is -0.166. The van der Waals surface area contributed by atoms with Gasteiger partial charge in [-0.25, -0.2) is 0 Å². The standard InChI is InChI=1S/C29H50O6/c1-4-7-8-9-10-11-12-13-14-15-16-17-18-19-20-23-29(32)35-26(24-33-27(30)21-5-2)25-34-28(31)22-6-3/h10-11,13-14,26H,4-9,12,15-25H2,1-3H3/b11-10-,14-13-. The van der Waals surface area contributed by atoms with Crippen molar-refractivity contribution in [2.75, 3.05) is 13.2 Å². The topological polar surface area (TPSA) is 78.9 Å². The second kappa shape index (κ2) is 25.0. The Morgan fingerprint density at radius 2 is 1.09 bits per heavy atom. The molecule has 0 heterocycles. The summed E-state index contributed by atoms with van der Waals surface area (Å²) in [4.78, 5) is 35.5. The van der Waals surface area contributed by atoms with Gasteiger partial charge in [-0.3, -0.25) is 14.4 Å². The zero-order valence-electron chi connectivity index (χ0n) is 22.6. The predicted molar refractivity (Wildman–Crippen MR) is 141 cm³/mol. The van der Waals surface area contributed by atoms with Crippen LogP contribution in [0.5, 0.6) is 0 Å². The molecule has 0 aliphatic carbocycles. The number of esters is 3. The summed E-state index contributed by atoms with van der Waals surface area (Å²) in [6, 6.07) is 0. The molecule has 0 aromatic heterocycles. The summed E-state index contributed by atoms with van der Waals surface area (Å²) >= 11 is 0. The lowest BCUT2D eigenvalue weighted by atomic mass is 10.1. The minimum Gasteiger partial charge on any atom is -0.462 e. The quantitative estimate of drug-likeness (QED) is 0.0637. The van der Waals surface area contributed by atoms with E-state index in [0.717, 1.165) is 44.9 Å². The van der Waals surface area contributed by atoms with Crippen LogP contribution in [0.2, 0.25) is 0 Å². The van der Waals surface area contributed by atoms with E-state index in [2.05, 4.69) is 31.2 Å². The molecule has 0 saturated carbocycles. The monoisotopic (exact) mass is 494 g/mol. The van der Waals surface area contributed by atoms with Crippen LogP contribution in [0.25, 0.3) is 0 Å². The van der Waals surface area contributed by atoms with Crippen molar-refractivity contribution in [1.82, 2.24) is 0 Å². The molecule has 202 valence electrons. The molecule has 0 aromatic carbocycles. The maximum atomic E-state index is 12.2. The first-order chi connectivity index (χ1) is 17.0. The van der Waals surface area contributed by atoms with Gasteiger partial charge in [0.15, 0.2) is 6.10 Å². The molecule has 0 bridgehead atoms. The maximum Gasteiger partial charge on any atom is 0.306 e. The highest BCUT2D eigenvalue weighted by molar-refractivity contribution is 5.71.